The summed E-state index contributed by atoms with van der Waals surface area (Å²) < 4.78 is 5.70. The second-order valence-corrected chi connectivity index (χ2v) is 7.87. The second kappa shape index (κ2) is 9.04. The maximum Gasteiger partial charge on any atom is 0.289 e. The van der Waals surface area contributed by atoms with Crippen LogP contribution in [0.2, 0.25) is 0 Å². The Kier molecular flexibility index (Phi) is 6.49. The molecule has 150 valence electrons. The molecule has 0 saturated carbocycles. The molecular weight excluding hydrogens is 354 g/mol. The summed E-state index contributed by atoms with van der Waals surface area (Å²) in [5, 5.41) is 2.90. The van der Waals surface area contributed by atoms with E-state index in [9.17, 15) is 9.59 Å². The molecule has 3 rings (SSSR count). The Bertz CT molecular complexity index is 808. The Morgan fingerprint density at radius 2 is 1.82 bits per heavy atom. The average Bonchev–Trinajstić information content (AvgIpc) is 3.31. The zero-order chi connectivity index (χ0) is 20.1. The van der Waals surface area contributed by atoms with E-state index < -0.39 is 6.04 Å². The van der Waals surface area contributed by atoms with Crippen LogP contribution in [0.5, 0.6) is 0 Å². The van der Waals surface area contributed by atoms with Crippen molar-refractivity contribution in [1.29, 1.82) is 0 Å². The van der Waals surface area contributed by atoms with Gasteiger partial charge in [-0.3, -0.25) is 9.59 Å². The molecule has 2 aromatic rings. The predicted molar refractivity (Wildman–Crippen MR) is 107 cm³/mol. The Morgan fingerprint density at radius 3 is 2.46 bits per heavy atom. The van der Waals surface area contributed by atoms with Gasteiger partial charge in [0.2, 0.25) is 11.7 Å². The van der Waals surface area contributed by atoms with Gasteiger partial charge in [0.25, 0.3) is 5.91 Å². The molecule has 28 heavy (non-hydrogen) atoms. The molecule has 1 aromatic heterocycles. The van der Waals surface area contributed by atoms with E-state index in [1.807, 2.05) is 35.2 Å². The van der Waals surface area contributed by atoms with Crippen molar-refractivity contribution in [2.75, 3.05) is 13.1 Å². The van der Waals surface area contributed by atoms with E-state index in [0.29, 0.717) is 30.3 Å². The van der Waals surface area contributed by atoms with Crippen molar-refractivity contribution in [3.8, 4) is 0 Å². The zero-order valence-corrected chi connectivity index (χ0v) is 16.9. The number of aryl methyl sites for hydroxylation is 1. The fraction of sp³-hybridized carbons (Fsp3) is 0.500. The summed E-state index contributed by atoms with van der Waals surface area (Å²) in [6.07, 6.45) is 3.15. The number of nitrogens with one attached hydrogen (secondary N) is 1. The van der Waals surface area contributed by atoms with Gasteiger partial charge in [0.15, 0.2) is 5.89 Å². The lowest BCUT2D eigenvalue weighted by Crippen LogP contribution is -2.49. The van der Waals surface area contributed by atoms with Crippen LogP contribution in [0, 0.1) is 12.8 Å². The zero-order valence-electron chi connectivity index (χ0n) is 16.9. The molecule has 0 aliphatic carbocycles. The van der Waals surface area contributed by atoms with Crippen molar-refractivity contribution >= 4 is 11.8 Å². The Hall–Kier alpha value is -2.63. The highest BCUT2D eigenvalue weighted by Crippen LogP contribution is 2.16. The molecule has 1 aliphatic heterocycles. The number of oxazole rings is 1. The van der Waals surface area contributed by atoms with Crippen molar-refractivity contribution in [3.05, 3.63) is 53.2 Å². The molecule has 1 N–H and O–H groups in total. The van der Waals surface area contributed by atoms with Crippen molar-refractivity contribution in [2.45, 2.75) is 52.5 Å². The lowest BCUT2D eigenvalue weighted by Gasteiger charge is -2.24. The number of benzene rings is 1. The van der Waals surface area contributed by atoms with Gasteiger partial charge in [-0.1, -0.05) is 44.2 Å². The summed E-state index contributed by atoms with van der Waals surface area (Å²) in [5.74, 6) is 0.727. The third-order valence-electron chi connectivity index (χ3n) is 4.93. The topological polar surface area (TPSA) is 75.4 Å². The minimum absolute atomic E-state index is 0.0331. The van der Waals surface area contributed by atoms with Gasteiger partial charge in [-0.25, -0.2) is 4.98 Å². The third kappa shape index (κ3) is 5.00. The smallest absolute Gasteiger partial charge is 0.289 e. The summed E-state index contributed by atoms with van der Waals surface area (Å²) >= 11 is 0. The van der Waals surface area contributed by atoms with Crippen LogP contribution in [-0.2, 0) is 17.6 Å². The van der Waals surface area contributed by atoms with Crippen LogP contribution < -0.4 is 5.32 Å². The first-order chi connectivity index (χ1) is 13.4. The summed E-state index contributed by atoms with van der Waals surface area (Å²) in [6.45, 7) is 7.41. The molecule has 1 saturated heterocycles. The summed E-state index contributed by atoms with van der Waals surface area (Å²) in [4.78, 5) is 32.1. The lowest BCUT2D eigenvalue weighted by molar-refractivity contribution is -0.132. The van der Waals surface area contributed by atoms with Gasteiger partial charge in [0.1, 0.15) is 6.04 Å². The number of carbonyl (C=O) groups is 2. The molecule has 2 heterocycles. The normalized spacial score (nSPS) is 15.1. The predicted octanol–water partition coefficient (Wildman–Crippen LogP) is 3.15. The molecule has 1 aromatic carbocycles. The highest BCUT2D eigenvalue weighted by molar-refractivity contribution is 5.96. The third-order valence-corrected chi connectivity index (χ3v) is 4.93. The van der Waals surface area contributed by atoms with Gasteiger partial charge in [-0.15, -0.1) is 0 Å². The maximum atomic E-state index is 13.0. The largest absolute Gasteiger partial charge is 0.435 e. The molecule has 0 radical (unpaired) electrons. The Morgan fingerprint density at radius 1 is 1.14 bits per heavy atom. The van der Waals surface area contributed by atoms with Gasteiger partial charge in [0.05, 0.1) is 5.69 Å². The van der Waals surface area contributed by atoms with Crippen LogP contribution in [0.1, 0.15) is 54.4 Å². The van der Waals surface area contributed by atoms with Gasteiger partial charge in [0, 0.05) is 25.9 Å². The van der Waals surface area contributed by atoms with E-state index in [4.69, 9.17) is 4.42 Å². The molecule has 0 bridgehead atoms. The first-order valence-electron chi connectivity index (χ1n) is 10.0. The number of carbonyl (C=O) groups excluding carboxylic acids is 2. The van der Waals surface area contributed by atoms with Crippen LogP contribution in [0.3, 0.4) is 0 Å². The number of likely N-dealkylation sites (tertiary alicyclic amines) is 1. The number of aromatic nitrogens is 1. The van der Waals surface area contributed by atoms with Gasteiger partial charge < -0.3 is 14.6 Å². The number of amides is 2. The van der Waals surface area contributed by atoms with Crippen molar-refractivity contribution < 1.29 is 14.0 Å². The van der Waals surface area contributed by atoms with E-state index in [2.05, 4.69) is 24.1 Å². The standard InChI is InChI=1S/C22H29N3O3/c1-15(2)13-19-23-16(3)20(28-19)21(26)24-18(14-17-9-5-4-6-10-17)22(27)25-11-7-8-12-25/h4-6,9-10,15,18H,7-8,11-14H2,1-3H3,(H,24,26)/t18-/m1/s1. The summed E-state index contributed by atoms with van der Waals surface area (Å²) in [6, 6.07) is 9.13. The molecule has 1 fully saturated rings. The van der Waals surface area contributed by atoms with Gasteiger partial charge in [-0.05, 0) is 31.2 Å². The SMILES string of the molecule is Cc1nc(CC(C)C)oc1C(=O)N[C@H](Cc1ccccc1)C(=O)N1CCCC1. The maximum absolute atomic E-state index is 13.0. The highest BCUT2D eigenvalue weighted by atomic mass is 16.4. The molecule has 1 aliphatic rings. The van der Waals surface area contributed by atoms with Crippen LogP contribution in [0.15, 0.2) is 34.7 Å². The quantitative estimate of drug-likeness (QED) is 0.797. The van der Waals surface area contributed by atoms with E-state index in [1.165, 1.54) is 0 Å². The van der Waals surface area contributed by atoms with Crippen LogP contribution >= 0.6 is 0 Å². The number of hydrogen-bond donors (Lipinski definition) is 1. The van der Waals surface area contributed by atoms with Crippen LogP contribution in [-0.4, -0.2) is 40.8 Å². The highest BCUT2D eigenvalue weighted by Gasteiger charge is 2.30. The summed E-state index contributed by atoms with van der Waals surface area (Å²) in [7, 11) is 0. The monoisotopic (exact) mass is 383 g/mol. The van der Waals surface area contributed by atoms with Crippen LogP contribution in [0.25, 0.3) is 0 Å². The minimum atomic E-state index is -0.619. The number of rotatable bonds is 7. The van der Waals surface area contributed by atoms with E-state index in [1.54, 1.807) is 6.92 Å². The van der Waals surface area contributed by atoms with Crippen molar-refractivity contribution in [3.63, 3.8) is 0 Å². The molecular formula is C22H29N3O3. The first-order valence-corrected chi connectivity index (χ1v) is 10.0. The van der Waals surface area contributed by atoms with Gasteiger partial charge >= 0.3 is 0 Å². The summed E-state index contributed by atoms with van der Waals surface area (Å²) in [5.41, 5.74) is 1.57. The Labute approximate surface area is 166 Å². The fourth-order valence-electron chi connectivity index (χ4n) is 3.53. The first kappa shape index (κ1) is 20.1. The molecule has 6 nitrogen and oxygen atoms in total. The second-order valence-electron chi connectivity index (χ2n) is 7.87. The average molecular weight is 383 g/mol. The van der Waals surface area contributed by atoms with Crippen molar-refractivity contribution in [1.82, 2.24) is 15.2 Å². The molecule has 2 amide bonds. The molecule has 6 heteroatoms. The number of hydrogen-bond acceptors (Lipinski definition) is 4. The molecule has 0 unspecified atom stereocenters. The van der Waals surface area contributed by atoms with E-state index in [0.717, 1.165) is 31.5 Å². The minimum Gasteiger partial charge on any atom is -0.435 e. The van der Waals surface area contributed by atoms with Crippen molar-refractivity contribution in [2.24, 2.45) is 5.92 Å². The number of nitrogens with zero attached hydrogens (tertiary/aromatic N) is 2. The van der Waals surface area contributed by atoms with E-state index in [-0.39, 0.29) is 17.6 Å². The molecule has 0 spiro atoms. The van der Waals surface area contributed by atoms with E-state index >= 15 is 0 Å². The van der Waals surface area contributed by atoms with Crippen LogP contribution in [0.4, 0.5) is 0 Å². The van der Waals surface area contributed by atoms with Gasteiger partial charge in [-0.2, -0.15) is 0 Å². The fourth-order valence-corrected chi connectivity index (χ4v) is 3.53. The Balaban J connectivity index is 1.77. The molecule has 1 atom stereocenters. The lowest BCUT2D eigenvalue weighted by atomic mass is 10.0.